The fourth-order valence-electron chi connectivity index (χ4n) is 3.88. The second-order valence-corrected chi connectivity index (χ2v) is 10.1. The van der Waals surface area contributed by atoms with E-state index in [1.54, 1.807) is 4.90 Å². The summed E-state index contributed by atoms with van der Waals surface area (Å²) < 4.78 is 23.9. The van der Waals surface area contributed by atoms with Crippen LogP contribution in [-0.2, 0) is 31.0 Å². The zero-order valence-corrected chi connectivity index (χ0v) is 17.9. The first kappa shape index (κ1) is 19.7. The molecule has 0 aromatic heterocycles. The normalized spacial score (nSPS) is 24.2. The first-order valence-corrected chi connectivity index (χ1v) is 9.93. The Kier molecular flexibility index (Phi) is 4.21. The van der Waals surface area contributed by atoms with Gasteiger partial charge in [0.25, 0.3) is 0 Å². The summed E-state index contributed by atoms with van der Waals surface area (Å²) in [6, 6.07) is 6.26. The van der Waals surface area contributed by atoms with Crippen LogP contribution in [0.3, 0.4) is 0 Å². The molecule has 2 saturated heterocycles. The van der Waals surface area contributed by atoms with Crippen molar-refractivity contribution in [1.82, 2.24) is 4.90 Å². The van der Waals surface area contributed by atoms with Crippen LogP contribution in [0.1, 0.15) is 59.6 Å². The van der Waals surface area contributed by atoms with E-state index in [1.165, 1.54) is 0 Å². The number of likely N-dealkylation sites (tertiary alicyclic amines) is 1. The highest BCUT2D eigenvalue weighted by molar-refractivity contribution is 6.62. The molecule has 152 valence electrons. The quantitative estimate of drug-likeness (QED) is 0.694. The smallest absolute Gasteiger partial charge is 0.444 e. The average Bonchev–Trinajstić information content (AvgIpc) is 2.98. The summed E-state index contributed by atoms with van der Waals surface area (Å²) in [4.78, 5) is 14.0. The fourth-order valence-corrected chi connectivity index (χ4v) is 3.88. The molecular weight excluding hydrogens is 357 g/mol. The van der Waals surface area contributed by atoms with Crippen molar-refractivity contribution in [2.45, 2.75) is 77.5 Å². The predicted octanol–water partition coefficient (Wildman–Crippen LogP) is 2.96. The van der Waals surface area contributed by atoms with Gasteiger partial charge in [-0.05, 0) is 65.1 Å². The number of hydrogen-bond acceptors (Lipinski definition) is 5. The van der Waals surface area contributed by atoms with Gasteiger partial charge < -0.3 is 23.7 Å². The minimum absolute atomic E-state index is 0.288. The van der Waals surface area contributed by atoms with Crippen LogP contribution in [-0.4, -0.2) is 48.0 Å². The summed E-state index contributed by atoms with van der Waals surface area (Å²) in [5.74, 6) is 0. The van der Waals surface area contributed by atoms with Gasteiger partial charge in [-0.2, -0.15) is 0 Å². The van der Waals surface area contributed by atoms with Crippen molar-refractivity contribution in [2.24, 2.45) is 0 Å². The molecule has 2 fully saturated rings. The van der Waals surface area contributed by atoms with Gasteiger partial charge in [0.1, 0.15) is 11.2 Å². The summed E-state index contributed by atoms with van der Waals surface area (Å²) in [6.45, 7) is 15.4. The van der Waals surface area contributed by atoms with Gasteiger partial charge in [-0.1, -0.05) is 18.2 Å². The lowest BCUT2D eigenvalue weighted by Gasteiger charge is -2.47. The van der Waals surface area contributed by atoms with Crippen LogP contribution in [0.5, 0.6) is 0 Å². The average molecular weight is 387 g/mol. The van der Waals surface area contributed by atoms with Crippen molar-refractivity contribution < 1.29 is 23.6 Å². The molecule has 3 aliphatic rings. The number of carbonyl (C=O) groups is 1. The Hall–Kier alpha value is -1.57. The van der Waals surface area contributed by atoms with E-state index in [2.05, 4.69) is 39.8 Å². The van der Waals surface area contributed by atoms with E-state index in [1.807, 2.05) is 26.8 Å². The number of carbonyl (C=O) groups excluding carboxylic acids is 1. The third kappa shape index (κ3) is 3.13. The van der Waals surface area contributed by atoms with Crippen molar-refractivity contribution in [1.29, 1.82) is 0 Å². The first-order chi connectivity index (χ1) is 12.8. The van der Waals surface area contributed by atoms with Gasteiger partial charge in [0.2, 0.25) is 0 Å². The Morgan fingerprint density at radius 1 is 1.11 bits per heavy atom. The maximum Gasteiger partial charge on any atom is 0.494 e. The minimum Gasteiger partial charge on any atom is -0.444 e. The van der Waals surface area contributed by atoms with E-state index in [4.69, 9.17) is 18.8 Å². The Bertz CT molecular complexity index is 792. The van der Waals surface area contributed by atoms with Crippen molar-refractivity contribution in [3.8, 4) is 0 Å². The zero-order valence-electron chi connectivity index (χ0n) is 17.9. The highest BCUT2D eigenvalue weighted by Gasteiger charge is 2.54. The van der Waals surface area contributed by atoms with E-state index in [9.17, 15) is 4.79 Å². The van der Waals surface area contributed by atoms with Gasteiger partial charge in [-0.15, -0.1) is 0 Å². The maximum absolute atomic E-state index is 12.3. The molecule has 1 spiro atoms. The molecule has 7 heteroatoms. The third-order valence-electron chi connectivity index (χ3n) is 6.19. The molecule has 0 bridgehead atoms. The summed E-state index contributed by atoms with van der Waals surface area (Å²) in [5.41, 5.74) is 1.64. The van der Waals surface area contributed by atoms with Crippen molar-refractivity contribution in [2.75, 3.05) is 13.1 Å². The molecule has 3 heterocycles. The van der Waals surface area contributed by atoms with Crippen LogP contribution >= 0.6 is 0 Å². The number of benzene rings is 1. The second-order valence-electron chi connectivity index (χ2n) is 10.1. The number of fused-ring (bicyclic) bond motifs is 2. The van der Waals surface area contributed by atoms with Crippen LogP contribution in [0.15, 0.2) is 18.2 Å². The van der Waals surface area contributed by atoms with Crippen LogP contribution < -0.4 is 5.46 Å². The number of hydrogen-bond donors (Lipinski definition) is 0. The Morgan fingerprint density at radius 2 is 1.71 bits per heavy atom. The topological polar surface area (TPSA) is 57.2 Å². The number of rotatable bonds is 1. The maximum atomic E-state index is 12.3. The molecule has 0 N–H and O–H groups in total. The summed E-state index contributed by atoms with van der Waals surface area (Å²) in [7, 11) is -0.383. The molecular formula is C21H30BNO5. The monoisotopic (exact) mass is 387 g/mol. The van der Waals surface area contributed by atoms with Gasteiger partial charge in [0.05, 0.1) is 30.9 Å². The van der Waals surface area contributed by atoms with E-state index in [0.29, 0.717) is 19.7 Å². The summed E-state index contributed by atoms with van der Waals surface area (Å²) >= 11 is 0. The molecule has 4 rings (SSSR count). The molecule has 6 nitrogen and oxygen atoms in total. The predicted molar refractivity (Wildman–Crippen MR) is 106 cm³/mol. The largest absolute Gasteiger partial charge is 0.494 e. The van der Waals surface area contributed by atoms with Crippen LogP contribution in [0, 0.1) is 0 Å². The minimum atomic E-state index is -0.494. The van der Waals surface area contributed by atoms with Crippen molar-refractivity contribution >= 4 is 18.7 Å². The number of amides is 1. The lowest BCUT2D eigenvalue weighted by atomic mass is 9.76. The van der Waals surface area contributed by atoms with Crippen LogP contribution in [0.4, 0.5) is 4.79 Å². The SMILES string of the molecule is CC(C)(C)OC(=O)N1CC2(C1)OCc1cc(B3OC(C)(C)C(C)(C)O3)ccc12. The van der Waals surface area contributed by atoms with E-state index < -0.39 is 11.2 Å². The van der Waals surface area contributed by atoms with Crippen LogP contribution in [0.25, 0.3) is 0 Å². The molecule has 28 heavy (non-hydrogen) atoms. The summed E-state index contributed by atoms with van der Waals surface area (Å²) in [5, 5.41) is 0. The Balaban J connectivity index is 1.48. The van der Waals surface area contributed by atoms with E-state index >= 15 is 0 Å². The molecule has 0 unspecified atom stereocenters. The first-order valence-electron chi connectivity index (χ1n) is 9.93. The molecule has 1 amide bonds. The summed E-state index contributed by atoms with van der Waals surface area (Å²) in [6.07, 6.45) is -0.288. The number of ether oxygens (including phenoxy) is 2. The van der Waals surface area contributed by atoms with Crippen LogP contribution in [0.2, 0.25) is 0 Å². The highest BCUT2D eigenvalue weighted by atomic mass is 16.7. The molecule has 0 atom stereocenters. The molecule has 3 aliphatic heterocycles. The number of nitrogens with zero attached hydrogens (tertiary/aromatic N) is 1. The lowest BCUT2D eigenvalue weighted by Crippen LogP contribution is -2.61. The van der Waals surface area contributed by atoms with Gasteiger partial charge in [-0.25, -0.2) is 4.79 Å². The molecule has 0 saturated carbocycles. The zero-order chi connectivity index (χ0) is 20.5. The molecule has 0 radical (unpaired) electrons. The fraction of sp³-hybridized carbons (Fsp3) is 0.667. The second kappa shape index (κ2) is 5.97. The van der Waals surface area contributed by atoms with Crippen molar-refractivity contribution in [3.05, 3.63) is 29.3 Å². The highest BCUT2D eigenvalue weighted by Crippen LogP contribution is 2.44. The van der Waals surface area contributed by atoms with Crippen molar-refractivity contribution in [3.63, 3.8) is 0 Å². The van der Waals surface area contributed by atoms with Gasteiger partial charge in [-0.3, -0.25) is 0 Å². The van der Waals surface area contributed by atoms with E-state index in [-0.39, 0.29) is 24.4 Å². The molecule has 1 aromatic carbocycles. The Labute approximate surface area is 167 Å². The molecule has 0 aliphatic carbocycles. The standard InChI is InChI=1S/C21H30BNO5/c1-18(2,3)26-17(24)23-12-21(13-23)16-9-8-15(10-14(16)11-25-21)22-27-19(4,5)20(6,7)28-22/h8-10H,11-13H2,1-7H3. The van der Waals surface area contributed by atoms with E-state index in [0.717, 1.165) is 16.6 Å². The Morgan fingerprint density at radius 3 is 2.29 bits per heavy atom. The van der Waals surface area contributed by atoms with Gasteiger partial charge in [0.15, 0.2) is 0 Å². The van der Waals surface area contributed by atoms with Gasteiger partial charge >= 0.3 is 13.2 Å². The molecule has 1 aromatic rings. The van der Waals surface area contributed by atoms with Gasteiger partial charge in [0, 0.05) is 0 Å². The lowest BCUT2D eigenvalue weighted by molar-refractivity contribution is -0.137. The third-order valence-corrected chi connectivity index (χ3v) is 6.19.